The first kappa shape index (κ1) is 22.5. The van der Waals surface area contributed by atoms with Crippen LogP contribution in [0.3, 0.4) is 0 Å². The minimum atomic E-state index is -0.134. The monoisotopic (exact) mass is 426 g/mol. The number of aliphatic hydroxyl groups excluding tert-OH is 1. The van der Waals surface area contributed by atoms with Crippen LogP contribution in [0.15, 0.2) is 12.2 Å². The van der Waals surface area contributed by atoms with E-state index in [1.54, 1.807) is 0 Å². The first-order chi connectivity index (χ1) is 14.2. The molecule has 1 nitrogen and oxygen atoms in total. The molecule has 1 N–H and O–H groups in total. The largest absolute Gasteiger partial charge is 0.393 e. The number of rotatable bonds is 0. The van der Waals surface area contributed by atoms with Crippen LogP contribution in [0.25, 0.3) is 0 Å². The van der Waals surface area contributed by atoms with Crippen LogP contribution >= 0.6 is 0 Å². The summed E-state index contributed by atoms with van der Waals surface area (Å²) in [7, 11) is 0. The van der Waals surface area contributed by atoms with Gasteiger partial charge in [0.2, 0.25) is 0 Å². The molecular formula is C30H50O. The van der Waals surface area contributed by atoms with Crippen molar-refractivity contribution in [2.75, 3.05) is 0 Å². The second-order valence-electron chi connectivity index (χ2n) is 15.3. The Kier molecular flexibility index (Phi) is 4.66. The van der Waals surface area contributed by atoms with Crippen LogP contribution in [0.5, 0.6) is 0 Å². The van der Waals surface area contributed by atoms with Gasteiger partial charge in [-0.3, -0.25) is 0 Å². The molecule has 0 aliphatic heterocycles. The van der Waals surface area contributed by atoms with Crippen LogP contribution in [-0.4, -0.2) is 11.2 Å². The molecule has 4 saturated carbocycles. The van der Waals surface area contributed by atoms with Gasteiger partial charge in [0.1, 0.15) is 0 Å². The topological polar surface area (TPSA) is 20.2 Å². The van der Waals surface area contributed by atoms with E-state index in [9.17, 15) is 5.11 Å². The minimum Gasteiger partial charge on any atom is -0.393 e. The average Bonchev–Trinajstić information content (AvgIpc) is 2.67. The Labute approximate surface area is 192 Å². The smallest absolute Gasteiger partial charge is 0.0594 e. The van der Waals surface area contributed by atoms with Gasteiger partial charge in [-0.05, 0) is 114 Å². The lowest BCUT2D eigenvalue weighted by molar-refractivity contribution is -0.217. The zero-order valence-electron chi connectivity index (χ0n) is 21.9. The first-order valence-corrected chi connectivity index (χ1v) is 13.6. The van der Waals surface area contributed by atoms with E-state index in [1.165, 1.54) is 51.4 Å². The molecule has 0 aromatic heterocycles. The van der Waals surface area contributed by atoms with Gasteiger partial charge >= 0.3 is 0 Å². The molecule has 0 heterocycles. The summed E-state index contributed by atoms with van der Waals surface area (Å²) in [4.78, 5) is 0. The summed E-state index contributed by atoms with van der Waals surface area (Å²) in [5, 5.41) is 10.9. The van der Waals surface area contributed by atoms with Crippen molar-refractivity contribution in [3.05, 3.63) is 12.2 Å². The molecule has 0 spiro atoms. The van der Waals surface area contributed by atoms with Crippen LogP contribution in [0.1, 0.15) is 113 Å². The van der Waals surface area contributed by atoms with Crippen molar-refractivity contribution in [2.24, 2.45) is 56.2 Å². The molecule has 0 amide bonds. The highest BCUT2D eigenvalue weighted by Crippen LogP contribution is 2.75. The third-order valence-corrected chi connectivity index (χ3v) is 13.1. The molecule has 5 rings (SSSR count). The fourth-order valence-corrected chi connectivity index (χ4v) is 10.6. The molecule has 5 aliphatic rings. The minimum absolute atomic E-state index is 0.0401. The van der Waals surface area contributed by atoms with Gasteiger partial charge in [-0.15, -0.1) is 0 Å². The summed E-state index contributed by atoms with van der Waals surface area (Å²) in [6, 6.07) is 0. The van der Waals surface area contributed by atoms with Crippen LogP contribution in [0.2, 0.25) is 0 Å². The Hall–Kier alpha value is -0.300. The normalized spacial score (nSPS) is 57.3. The summed E-state index contributed by atoms with van der Waals surface area (Å²) in [6.07, 6.45) is 17.3. The maximum Gasteiger partial charge on any atom is 0.0594 e. The van der Waals surface area contributed by atoms with Crippen molar-refractivity contribution >= 4 is 0 Å². The van der Waals surface area contributed by atoms with Gasteiger partial charge < -0.3 is 5.11 Å². The summed E-state index contributed by atoms with van der Waals surface area (Å²) >= 11 is 0. The summed E-state index contributed by atoms with van der Waals surface area (Å²) in [5.74, 6) is 2.88. The zero-order valence-corrected chi connectivity index (χ0v) is 21.9. The quantitative estimate of drug-likeness (QED) is 0.389. The van der Waals surface area contributed by atoms with Crippen molar-refractivity contribution in [1.29, 1.82) is 0 Å². The van der Waals surface area contributed by atoms with Gasteiger partial charge in [0.25, 0.3) is 0 Å². The highest BCUT2D eigenvalue weighted by molar-refractivity contribution is 5.26. The van der Waals surface area contributed by atoms with Crippen molar-refractivity contribution in [3.63, 3.8) is 0 Å². The molecule has 1 heteroatoms. The Morgan fingerprint density at radius 3 is 2.10 bits per heavy atom. The van der Waals surface area contributed by atoms with E-state index in [4.69, 9.17) is 0 Å². The maximum atomic E-state index is 10.9. The molecule has 0 radical (unpaired) electrons. The molecule has 9 atom stereocenters. The third kappa shape index (κ3) is 2.77. The van der Waals surface area contributed by atoms with Crippen LogP contribution in [0.4, 0.5) is 0 Å². The lowest BCUT2D eigenvalue weighted by atomic mass is 9.33. The van der Waals surface area contributed by atoms with Gasteiger partial charge in [0.15, 0.2) is 0 Å². The van der Waals surface area contributed by atoms with E-state index < -0.39 is 0 Å². The third-order valence-electron chi connectivity index (χ3n) is 13.1. The molecule has 176 valence electrons. The predicted octanol–water partition coefficient (Wildman–Crippen LogP) is 8.02. The predicted molar refractivity (Wildman–Crippen MR) is 131 cm³/mol. The SMILES string of the molecule is CC1(C)CCC2(C)CCC3(C)C(C=CC4C5(C)CCC(O)C(C)(C)C5CCC43C)C2C1. The Balaban J connectivity index is 1.57. The van der Waals surface area contributed by atoms with Gasteiger partial charge in [-0.2, -0.15) is 0 Å². The average molecular weight is 427 g/mol. The highest BCUT2D eigenvalue weighted by atomic mass is 16.3. The van der Waals surface area contributed by atoms with Gasteiger partial charge in [0, 0.05) is 0 Å². The van der Waals surface area contributed by atoms with E-state index in [0.29, 0.717) is 38.9 Å². The fraction of sp³-hybridized carbons (Fsp3) is 0.933. The Morgan fingerprint density at radius 1 is 0.710 bits per heavy atom. The molecule has 0 saturated heterocycles. The standard InChI is InChI=1S/C30H50O/c1-25(2)15-16-27(5)17-18-29(7)20(21(27)19-25)9-10-23-28(6)13-12-24(31)26(3,4)22(28)11-14-30(23,29)8/h9-10,20-24,31H,11-19H2,1-8H3. The van der Waals surface area contributed by atoms with Crippen LogP contribution in [-0.2, 0) is 0 Å². The number of hydrogen-bond donors (Lipinski definition) is 1. The molecular weight excluding hydrogens is 376 g/mol. The second kappa shape index (κ2) is 6.43. The zero-order chi connectivity index (χ0) is 22.7. The summed E-state index contributed by atoms with van der Waals surface area (Å²) in [5.41, 5.74) is 2.22. The summed E-state index contributed by atoms with van der Waals surface area (Å²) < 4.78 is 0. The van der Waals surface area contributed by atoms with Gasteiger partial charge in [-0.25, -0.2) is 0 Å². The van der Waals surface area contributed by atoms with Gasteiger partial charge in [0.05, 0.1) is 6.10 Å². The molecule has 0 aromatic rings. The number of aliphatic hydroxyl groups is 1. The highest BCUT2D eigenvalue weighted by Gasteiger charge is 2.68. The van der Waals surface area contributed by atoms with Crippen molar-refractivity contribution < 1.29 is 5.11 Å². The lowest BCUT2D eigenvalue weighted by Gasteiger charge is -2.72. The molecule has 0 bridgehead atoms. The van der Waals surface area contributed by atoms with E-state index in [0.717, 1.165) is 18.3 Å². The molecule has 31 heavy (non-hydrogen) atoms. The summed E-state index contributed by atoms with van der Waals surface area (Å²) in [6.45, 7) is 20.4. The van der Waals surface area contributed by atoms with Crippen molar-refractivity contribution in [2.45, 2.75) is 119 Å². The van der Waals surface area contributed by atoms with E-state index in [1.807, 2.05) is 0 Å². The molecule has 4 fully saturated rings. The Morgan fingerprint density at radius 2 is 1.39 bits per heavy atom. The maximum absolute atomic E-state index is 10.9. The van der Waals surface area contributed by atoms with Crippen molar-refractivity contribution in [3.8, 4) is 0 Å². The molecule has 5 aliphatic carbocycles. The first-order valence-electron chi connectivity index (χ1n) is 13.6. The fourth-order valence-electron chi connectivity index (χ4n) is 10.6. The Bertz CT molecular complexity index is 777. The molecule has 9 unspecified atom stereocenters. The second-order valence-corrected chi connectivity index (χ2v) is 15.3. The van der Waals surface area contributed by atoms with E-state index in [2.05, 4.69) is 67.5 Å². The van der Waals surface area contributed by atoms with Crippen LogP contribution in [0, 0.1) is 56.2 Å². The number of hydrogen-bond acceptors (Lipinski definition) is 1. The van der Waals surface area contributed by atoms with E-state index >= 15 is 0 Å². The molecule has 0 aromatic carbocycles. The van der Waals surface area contributed by atoms with E-state index in [-0.39, 0.29) is 11.5 Å². The number of fused-ring (bicyclic) bond motifs is 7. The lowest BCUT2D eigenvalue weighted by Crippen LogP contribution is -2.65. The number of allylic oxidation sites excluding steroid dienone is 2. The van der Waals surface area contributed by atoms with Crippen molar-refractivity contribution in [1.82, 2.24) is 0 Å². The van der Waals surface area contributed by atoms with Crippen LogP contribution < -0.4 is 0 Å². The van der Waals surface area contributed by atoms with Gasteiger partial charge in [-0.1, -0.05) is 67.5 Å².